The van der Waals surface area contributed by atoms with Crippen LogP contribution < -0.4 is 0 Å². The highest BCUT2D eigenvalue weighted by molar-refractivity contribution is 9.11. The quantitative estimate of drug-likeness (QED) is 0.624. The molecule has 1 unspecified atom stereocenters. The van der Waals surface area contributed by atoms with Gasteiger partial charge >= 0.3 is 5.97 Å². The van der Waals surface area contributed by atoms with Gasteiger partial charge in [-0.15, -0.1) is 11.3 Å². The summed E-state index contributed by atoms with van der Waals surface area (Å²) >= 11 is 4.95. The van der Waals surface area contributed by atoms with Gasteiger partial charge in [-0.1, -0.05) is 0 Å². The molecular formula is C13H15BrO3S. The van der Waals surface area contributed by atoms with Crippen LogP contribution in [0.2, 0.25) is 0 Å². The monoisotopic (exact) mass is 330 g/mol. The summed E-state index contributed by atoms with van der Waals surface area (Å²) in [6.45, 7) is 1.14. The summed E-state index contributed by atoms with van der Waals surface area (Å²) in [6.07, 6.45) is 6.54. The number of ether oxygens (including phenoxy) is 2. The predicted octanol–water partition coefficient (Wildman–Crippen LogP) is 3.64. The van der Waals surface area contributed by atoms with Crippen molar-refractivity contribution in [3.05, 3.63) is 26.9 Å². The molecule has 0 amide bonds. The third-order valence-electron chi connectivity index (χ3n) is 2.66. The van der Waals surface area contributed by atoms with Crippen molar-refractivity contribution in [1.29, 1.82) is 0 Å². The second kappa shape index (κ2) is 7.07. The number of esters is 1. The summed E-state index contributed by atoms with van der Waals surface area (Å²) in [5, 5.41) is 0. The second-order valence-corrected chi connectivity index (χ2v) is 6.59. The van der Waals surface area contributed by atoms with E-state index in [0.29, 0.717) is 6.61 Å². The van der Waals surface area contributed by atoms with Crippen LogP contribution in [0.5, 0.6) is 0 Å². The van der Waals surface area contributed by atoms with Crippen LogP contribution in [0.3, 0.4) is 0 Å². The first kappa shape index (κ1) is 13.8. The van der Waals surface area contributed by atoms with E-state index < -0.39 is 0 Å². The molecule has 1 aliphatic rings. The van der Waals surface area contributed by atoms with Gasteiger partial charge in [-0.05, 0) is 53.4 Å². The van der Waals surface area contributed by atoms with Gasteiger partial charge in [-0.25, -0.2) is 4.79 Å². The molecule has 2 rings (SSSR count). The number of hydrogen-bond acceptors (Lipinski definition) is 4. The van der Waals surface area contributed by atoms with E-state index in [2.05, 4.69) is 15.9 Å². The third-order valence-corrected chi connectivity index (χ3v) is 4.25. The van der Waals surface area contributed by atoms with Gasteiger partial charge in [0.15, 0.2) is 0 Å². The van der Waals surface area contributed by atoms with Crippen molar-refractivity contribution in [3.8, 4) is 0 Å². The molecule has 5 heteroatoms. The average molecular weight is 331 g/mol. The summed E-state index contributed by atoms with van der Waals surface area (Å²) in [4.78, 5) is 12.5. The van der Waals surface area contributed by atoms with Crippen molar-refractivity contribution < 1.29 is 14.3 Å². The van der Waals surface area contributed by atoms with E-state index in [9.17, 15) is 4.79 Å². The molecule has 2 heterocycles. The van der Waals surface area contributed by atoms with Crippen LogP contribution in [-0.2, 0) is 14.3 Å². The van der Waals surface area contributed by atoms with Gasteiger partial charge in [0.05, 0.1) is 9.89 Å². The fourth-order valence-corrected chi connectivity index (χ4v) is 3.06. The molecule has 18 heavy (non-hydrogen) atoms. The van der Waals surface area contributed by atoms with Crippen LogP contribution in [0.25, 0.3) is 6.08 Å². The second-order valence-electron chi connectivity index (χ2n) is 4.09. The van der Waals surface area contributed by atoms with E-state index in [1.807, 2.05) is 12.1 Å². The Kier molecular flexibility index (Phi) is 5.41. The molecule has 0 N–H and O–H groups in total. The number of carbonyl (C=O) groups is 1. The van der Waals surface area contributed by atoms with E-state index in [4.69, 9.17) is 9.47 Å². The molecule has 1 aliphatic heterocycles. The molecule has 0 radical (unpaired) electrons. The minimum atomic E-state index is -0.311. The number of halogens is 1. The van der Waals surface area contributed by atoms with Gasteiger partial charge in [0.2, 0.25) is 0 Å². The van der Waals surface area contributed by atoms with Gasteiger partial charge in [-0.3, -0.25) is 0 Å². The zero-order chi connectivity index (χ0) is 12.8. The van der Waals surface area contributed by atoms with E-state index in [1.54, 1.807) is 17.4 Å². The van der Waals surface area contributed by atoms with Crippen molar-refractivity contribution in [2.75, 3.05) is 13.2 Å². The lowest BCUT2D eigenvalue weighted by Crippen LogP contribution is -2.25. The number of hydrogen-bond donors (Lipinski definition) is 0. The highest BCUT2D eigenvalue weighted by Gasteiger charge is 2.15. The summed E-state index contributed by atoms with van der Waals surface area (Å²) in [5.74, 6) is -0.311. The highest BCUT2D eigenvalue weighted by Crippen LogP contribution is 2.23. The maximum absolute atomic E-state index is 11.5. The summed E-state index contributed by atoms with van der Waals surface area (Å²) in [6, 6.07) is 3.90. The number of thiophene rings is 1. The third kappa shape index (κ3) is 4.55. The Morgan fingerprint density at radius 1 is 1.56 bits per heavy atom. The maximum Gasteiger partial charge on any atom is 0.330 e. The molecular weight excluding hydrogens is 316 g/mol. The number of carbonyl (C=O) groups excluding carboxylic acids is 1. The zero-order valence-electron chi connectivity index (χ0n) is 9.93. The summed E-state index contributed by atoms with van der Waals surface area (Å²) < 4.78 is 11.7. The lowest BCUT2D eigenvalue weighted by Gasteiger charge is -2.21. The van der Waals surface area contributed by atoms with Crippen LogP contribution in [0.15, 0.2) is 22.0 Å². The first-order valence-corrected chi connectivity index (χ1v) is 7.57. The Hall–Kier alpha value is -0.650. The maximum atomic E-state index is 11.5. The molecule has 3 nitrogen and oxygen atoms in total. The van der Waals surface area contributed by atoms with E-state index in [-0.39, 0.29) is 12.1 Å². The molecule has 1 atom stereocenters. The predicted molar refractivity (Wildman–Crippen MR) is 75.6 cm³/mol. The molecule has 1 fully saturated rings. The first-order valence-electron chi connectivity index (χ1n) is 5.96. The highest BCUT2D eigenvalue weighted by atomic mass is 79.9. The van der Waals surface area contributed by atoms with E-state index in [1.165, 1.54) is 6.08 Å². The molecule has 1 aromatic rings. The Morgan fingerprint density at radius 2 is 2.44 bits per heavy atom. The van der Waals surface area contributed by atoms with E-state index >= 15 is 0 Å². The van der Waals surface area contributed by atoms with Gasteiger partial charge in [0, 0.05) is 17.6 Å². The average Bonchev–Trinajstić information content (AvgIpc) is 2.81. The van der Waals surface area contributed by atoms with Gasteiger partial charge in [0.25, 0.3) is 0 Å². The first-order chi connectivity index (χ1) is 8.74. The lowest BCUT2D eigenvalue weighted by atomic mass is 10.1. The molecule has 1 saturated heterocycles. The minimum absolute atomic E-state index is 0.0759. The Balaban J connectivity index is 1.73. The van der Waals surface area contributed by atoms with Crippen LogP contribution in [-0.4, -0.2) is 25.3 Å². The SMILES string of the molecule is O=C(C=Cc1ccc(Br)s1)OCC1CCCCO1. The number of rotatable bonds is 4. The molecule has 1 aromatic heterocycles. The Bertz CT molecular complexity index is 422. The van der Waals surface area contributed by atoms with Crippen LogP contribution in [0.1, 0.15) is 24.1 Å². The van der Waals surface area contributed by atoms with Crippen molar-refractivity contribution in [2.45, 2.75) is 25.4 Å². The summed E-state index contributed by atoms with van der Waals surface area (Å²) in [7, 11) is 0. The Morgan fingerprint density at radius 3 is 3.11 bits per heavy atom. The fraction of sp³-hybridized carbons (Fsp3) is 0.462. The minimum Gasteiger partial charge on any atom is -0.460 e. The van der Waals surface area contributed by atoms with Crippen molar-refractivity contribution in [1.82, 2.24) is 0 Å². The van der Waals surface area contributed by atoms with Gasteiger partial charge < -0.3 is 9.47 Å². The molecule has 0 spiro atoms. The van der Waals surface area contributed by atoms with Crippen LogP contribution in [0.4, 0.5) is 0 Å². The van der Waals surface area contributed by atoms with Crippen molar-refractivity contribution in [2.24, 2.45) is 0 Å². The Labute approximate surface area is 119 Å². The summed E-state index contributed by atoms with van der Waals surface area (Å²) in [5.41, 5.74) is 0. The molecule has 98 valence electrons. The molecule has 0 aliphatic carbocycles. The van der Waals surface area contributed by atoms with Crippen molar-refractivity contribution >= 4 is 39.3 Å². The standard InChI is InChI=1S/C13H15BrO3S/c14-12-6-4-11(18-12)5-7-13(15)17-9-10-3-1-2-8-16-10/h4-7,10H,1-3,8-9H2. The topological polar surface area (TPSA) is 35.5 Å². The normalized spacial score (nSPS) is 20.2. The van der Waals surface area contributed by atoms with Crippen LogP contribution >= 0.6 is 27.3 Å². The molecule has 0 bridgehead atoms. The van der Waals surface area contributed by atoms with Crippen molar-refractivity contribution in [3.63, 3.8) is 0 Å². The van der Waals surface area contributed by atoms with Gasteiger partial charge in [-0.2, -0.15) is 0 Å². The molecule has 0 aromatic carbocycles. The van der Waals surface area contributed by atoms with E-state index in [0.717, 1.165) is 34.5 Å². The molecule has 0 saturated carbocycles. The zero-order valence-corrected chi connectivity index (χ0v) is 12.3. The lowest BCUT2D eigenvalue weighted by molar-refractivity contribution is -0.143. The fourth-order valence-electron chi connectivity index (χ4n) is 1.73. The smallest absolute Gasteiger partial charge is 0.330 e. The largest absolute Gasteiger partial charge is 0.460 e. The van der Waals surface area contributed by atoms with Crippen LogP contribution in [0, 0.1) is 0 Å². The van der Waals surface area contributed by atoms with Gasteiger partial charge in [0.1, 0.15) is 6.61 Å².